The van der Waals surface area contributed by atoms with Gasteiger partial charge in [0, 0.05) is 31.1 Å². The molecule has 0 saturated carbocycles. The highest BCUT2D eigenvalue weighted by Gasteiger charge is 2.23. The number of anilines is 1. The predicted molar refractivity (Wildman–Crippen MR) is 96.4 cm³/mol. The topological polar surface area (TPSA) is 79.6 Å². The average molecular weight is 380 g/mol. The molecule has 1 aromatic carbocycles. The van der Waals surface area contributed by atoms with Gasteiger partial charge in [0.05, 0.1) is 0 Å². The smallest absolute Gasteiger partial charge is 0.287 e. The molecule has 6 nitrogen and oxygen atoms in total. The number of nitrogens with zero attached hydrogens (tertiary/aromatic N) is 1. The maximum atomic E-state index is 13.4. The van der Waals surface area contributed by atoms with Crippen molar-refractivity contribution in [1.29, 1.82) is 0 Å². The number of amides is 1. The summed E-state index contributed by atoms with van der Waals surface area (Å²) < 4.78 is 41.4. The number of furan rings is 1. The van der Waals surface area contributed by atoms with Crippen molar-refractivity contribution in [3.8, 4) is 0 Å². The Bertz CT molecular complexity index is 894. The van der Waals surface area contributed by atoms with Gasteiger partial charge in [-0.15, -0.1) is 0 Å². The molecule has 26 heavy (non-hydrogen) atoms. The van der Waals surface area contributed by atoms with Crippen LogP contribution >= 0.6 is 0 Å². The third-order valence-corrected chi connectivity index (χ3v) is 5.03. The van der Waals surface area contributed by atoms with Crippen LogP contribution in [0.1, 0.15) is 29.2 Å². The van der Waals surface area contributed by atoms with Crippen LogP contribution in [0.5, 0.6) is 0 Å². The van der Waals surface area contributed by atoms with Crippen LogP contribution in [0.25, 0.3) is 0 Å². The Morgan fingerprint density at radius 3 is 2.88 bits per heavy atom. The van der Waals surface area contributed by atoms with E-state index >= 15 is 0 Å². The van der Waals surface area contributed by atoms with Gasteiger partial charge in [0.2, 0.25) is 0 Å². The summed E-state index contributed by atoms with van der Waals surface area (Å²) >= 11 is 0. The number of nitrogens with one attached hydrogen (secondary N) is 1. The van der Waals surface area contributed by atoms with Crippen molar-refractivity contribution in [2.45, 2.75) is 24.6 Å². The molecule has 1 saturated heterocycles. The number of sulfone groups is 1. The fraction of sp³-hybridized carbons (Fsp3) is 0.389. The van der Waals surface area contributed by atoms with E-state index in [1.54, 1.807) is 6.07 Å². The molecular weight excluding hydrogens is 359 g/mol. The highest BCUT2D eigenvalue weighted by atomic mass is 32.2. The van der Waals surface area contributed by atoms with E-state index < -0.39 is 9.84 Å². The summed E-state index contributed by atoms with van der Waals surface area (Å²) in [6.45, 7) is 1.38. The van der Waals surface area contributed by atoms with Gasteiger partial charge in [-0.2, -0.15) is 0 Å². The molecule has 1 fully saturated rings. The second-order valence-corrected chi connectivity index (χ2v) is 8.71. The maximum absolute atomic E-state index is 13.4. The summed E-state index contributed by atoms with van der Waals surface area (Å²) in [6, 6.07) is 9.27. The molecule has 1 aliphatic heterocycles. The molecule has 8 heteroatoms. The summed E-state index contributed by atoms with van der Waals surface area (Å²) in [5.74, 6) is -0.579. The summed E-state index contributed by atoms with van der Waals surface area (Å²) in [4.78, 5) is 14.4. The second kappa shape index (κ2) is 7.49. The largest absolute Gasteiger partial charge is 0.455 e. The number of rotatable bonds is 5. The molecule has 1 amide bonds. The van der Waals surface area contributed by atoms with Crippen LogP contribution in [0.4, 0.5) is 10.1 Å². The van der Waals surface area contributed by atoms with Crippen LogP contribution in [0.3, 0.4) is 0 Å². The lowest BCUT2D eigenvalue weighted by molar-refractivity contribution is 0.0903. The highest BCUT2D eigenvalue weighted by Crippen LogP contribution is 2.21. The average Bonchev–Trinajstić information content (AvgIpc) is 3.02. The number of carbonyl (C=O) groups excluding carboxylic acids is 1. The first-order valence-electron chi connectivity index (χ1n) is 8.38. The molecule has 0 bridgehead atoms. The van der Waals surface area contributed by atoms with E-state index in [1.165, 1.54) is 24.3 Å². The lowest BCUT2D eigenvalue weighted by Gasteiger charge is -2.34. The minimum atomic E-state index is -3.22. The molecule has 2 heterocycles. The van der Waals surface area contributed by atoms with Gasteiger partial charge < -0.3 is 14.6 Å². The molecule has 0 radical (unpaired) electrons. The van der Waals surface area contributed by atoms with Crippen LogP contribution in [0.15, 0.2) is 40.8 Å². The van der Waals surface area contributed by atoms with Crippen molar-refractivity contribution < 1.29 is 22.0 Å². The van der Waals surface area contributed by atoms with E-state index in [1.807, 2.05) is 11.0 Å². The van der Waals surface area contributed by atoms with Crippen LogP contribution in [-0.4, -0.2) is 39.7 Å². The molecule has 1 aromatic heterocycles. The van der Waals surface area contributed by atoms with Crippen LogP contribution < -0.4 is 10.2 Å². The standard InChI is InChI=1S/C18H21FN2O4S/c1-26(23,24)12-16-7-8-17(25-16)18(22)20-14-5-3-9-21(11-14)15-6-2-4-13(19)10-15/h2,4,6-8,10,14H,3,5,9,11-12H2,1H3,(H,20,22). The monoisotopic (exact) mass is 380 g/mol. The van der Waals surface area contributed by atoms with Crippen molar-refractivity contribution in [3.63, 3.8) is 0 Å². The van der Waals surface area contributed by atoms with Crippen molar-refractivity contribution >= 4 is 21.4 Å². The number of halogens is 1. The van der Waals surface area contributed by atoms with E-state index in [2.05, 4.69) is 5.32 Å². The van der Waals surface area contributed by atoms with Gasteiger partial charge in [0.1, 0.15) is 17.3 Å². The van der Waals surface area contributed by atoms with E-state index in [0.29, 0.717) is 6.54 Å². The lowest BCUT2D eigenvalue weighted by atomic mass is 10.0. The Labute approximate surface area is 151 Å². The van der Waals surface area contributed by atoms with Gasteiger partial charge in [-0.25, -0.2) is 12.8 Å². The van der Waals surface area contributed by atoms with Crippen molar-refractivity contribution in [3.05, 3.63) is 53.7 Å². The second-order valence-electron chi connectivity index (χ2n) is 6.57. The normalized spacial score (nSPS) is 17.9. The third kappa shape index (κ3) is 4.85. The zero-order valence-corrected chi connectivity index (χ0v) is 15.3. The van der Waals surface area contributed by atoms with Crippen molar-refractivity contribution in [2.24, 2.45) is 0 Å². The molecule has 0 aliphatic carbocycles. The van der Waals surface area contributed by atoms with Crippen LogP contribution in [0, 0.1) is 5.82 Å². The quantitative estimate of drug-likeness (QED) is 0.861. The zero-order valence-electron chi connectivity index (χ0n) is 14.4. The van der Waals surface area contributed by atoms with Gasteiger partial charge >= 0.3 is 0 Å². The zero-order chi connectivity index (χ0) is 18.7. The van der Waals surface area contributed by atoms with Crippen LogP contribution in [0.2, 0.25) is 0 Å². The Morgan fingerprint density at radius 1 is 1.35 bits per heavy atom. The third-order valence-electron chi connectivity index (χ3n) is 4.22. The SMILES string of the molecule is CS(=O)(=O)Cc1ccc(C(=O)NC2CCCN(c3cccc(F)c3)C2)o1. The molecular formula is C18H21FN2O4S. The van der Waals surface area contributed by atoms with E-state index in [-0.39, 0.29) is 35.0 Å². The molecule has 0 spiro atoms. The minimum Gasteiger partial charge on any atom is -0.455 e. The first-order chi connectivity index (χ1) is 12.3. The Balaban J connectivity index is 1.62. The number of carbonyl (C=O) groups is 1. The van der Waals surface area contributed by atoms with Gasteiger partial charge in [-0.1, -0.05) is 6.07 Å². The maximum Gasteiger partial charge on any atom is 0.287 e. The minimum absolute atomic E-state index is 0.0894. The molecule has 3 rings (SSSR count). The van der Waals surface area contributed by atoms with E-state index in [4.69, 9.17) is 4.42 Å². The van der Waals surface area contributed by atoms with E-state index in [9.17, 15) is 17.6 Å². The summed E-state index contributed by atoms with van der Waals surface area (Å²) in [7, 11) is -3.22. The Hall–Kier alpha value is -2.35. The molecule has 140 valence electrons. The molecule has 1 N–H and O–H groups in total. The fourth-order valence-electron chi connectivity index (χ4n) is 3.09. The van der Waals surface area contributed by atoms with Gasteiger partial charge in [-0.3, -0.25) is 4.79 Å². The predicted octanol–water partition coefficient (Wildman–Crippen LogP) is 2.36. The van der Waals surface area contributed by atoms with Gasteiger partial charge in [0.25, 0.3) is 5.91 Å². The number of hydrogen-bond donors (Lipinski definition) is 1. The molecule has 1 aliphatic rings. The Morgan fingerprint density at radius 2 is 2.15 bits per heavy atom. The van der Waals surface area contributed by atoms with Crippen LogP contribution in [-0.2, 0) is 15.6 Å². The number of benzene rings is 1. The van der Waals surface area contributed by atoms with Gasteiger partial charge in [0.15, 0.2) is 15.6 Å². The van der Waals surface area contributed by atoms with Crippen molar-refractivity contribution in [1.82, 2.24) is 5.32 Å². The van der Waals surface area contributed by atoms with Crippen molar-refractivity contribution in [2.75, 3.05) is 24.2 Å². The molecule has 2 aromatic rings. The molecule has 1 atom stereocenters. The first kappa shape index (κ1) is 18.4. The summed E-state index contributed by atoms with van der Waals surface area (Å²) in [5, 5.41) is 2.91. The number of hydrogen-bond acceptors (Lipinski definition) is 5. The van der Waals surface area contributed by atoms with Gasteiger partial charge in [-0.05, 0) is 43.2 Å². The summed E-state index contributed by atoms with van der Waals surface area (Å²) in [5.41, 5.74) is 0.789. The fourth-order valence-corrected chi connectivity index (χ4v) is 3.77. The number of piperidine rings is 1. The summed E-state index contributed by atoms with van der Waals surface area (Å²) in [6.07, 6.45) is 2.80. The van der Waals surface area contributed by atoms with E-state index in [0.717, 1.165) is 31.3 Å². The lowest BCUT2D eigenvalue weighted by Crippen LogP contribution is -2.47. The Kier molecular flexibility index (Phi) is 5.31. The first-order valence-corrected chi connectivity index (χ1v) is 10.4. The molecule has 1 unspecified atom stereocenters. The highest BCUT2D eigenvalue weighted by molar-refractivity contribution is 7.89.